The average molecular weight is 341 g/mol. The molecule has 2 aromatic rings. The standard InChI is InChI=1S/C18H19N3O2S/c1-3-17(22)21-9-5-7-14-15(6-4-8-16(14)21)18(23)20(2)11-13-10-19-12-24-13/h3-4,6,8,10,12H,1,5,7,9,11H2,2H3. The number of thiazole rings is 1. The molecule has 0 aliphatic carbocycles. The minimum atomic E-state index is -0.126. The highest BCUT2D eigenvalue weighted by molar-refractivity contribution is 7.09. The molecule has 0 spiro atoms. The van der Waals surface area contributed by atoms with Crippen LogP contribution in [0.15, 0.2) is 42.6 Å². The molecule has 0 saturated heterocycles. The summed E-state index contributed by atoms with van der Waals surface area (Å²) in [4.78, 5) is 33.4. The summed E-state index contributed by atoms with van der Waals surface area (Å²) in [7, 11) is 1.79. The number of carbonyl (C=O) groups excluding carboxylic acids is 2. The molecule has 2 heterocycles. The van der Waals surface area contributed by atoms with Crippen LogP contribution in [0.2, 0.25) is 0 Å². The minimum Gasteiger partial charge on any atom is -0.336 e. The Bertz CT molecular complexity index is 771. The van der Waals surface area contributed by atoms with Gasteiger partial charge in [-0.05, 0) is 36.6 Å². The largest absolute Gasteiger partial charge is 0.336 e. The van der Waals surface area contributed by atoms with E-state index >= 15 is 0 Å². The van der Waals surface area contributed by atoms with E-state index in [-0.39, 0.29) is 11.8 Å². The maximum absolute atomic E-state index is 12.9. The van der Waals surface area contributed by atoms with E-state index in [4.69, 9.17) is 0 Å². The Morgan fingerprint density at radius 2 is 2.29 bits per heavy atom. The van der Waals surface area contributed by atoms with Crippen LogP contribution in [0.1, 0.15) is 27.2 Å². The van der Waals surface area contributed by atoms with E-state index in [1.165, 1.54) is 17.4 Å². The lowest BCUT2D eigenvalue weighted by molar-refractivity contribution is -0.114. The molecule has 3 rings (SSSR count). The third-order valence-corrected chi connectivity index (χ3v) is 4.91. The molecular formula is C18H19N3O2S. The third-order valence-electron chi connectivity index (χ3n) is 4.14. The number of hydrogen-bond acceptors (Lipinski definition) is 4. The van der Waals surface area contributed by atoms with Crippen LogP contribution in [0.3, 0.4) is 0 Å². The summed E-state index contributed by atoms with van der Waals surface area (Å²) < 4.78 is 0. The fourth-order valence-corrected chi connectivity index (χ4v) is 3.64. The van der Waals surface area contributed by atoms with Crippen LogP contribution in [0, 0.1) is 0 Å². The highest BCUT2D eigenvalue weighted by Gasteiger charge is 2.26. The van der Waals surface area contributed by atoms with Gasteiger partial charge in [0, 0.05) is 35.9 Å². The average Bonchev–Trinajstić information content (AvgIpc) is 3.12. The van der Waals surface area contributed by atoms with Gasteiger partial charge in [-0.15, -0.1) is 11.3 Å². The van der Waals surface area contributed by atoms with Gasteiger partial charge in [-0.1, -0.05) is 12.6 Å². The van der Waals surface area contributed by atoms with Crippen molar-refractivity contribution < 1.29 is 9.59 Å². The lowest BCUT2D eigenvalue weighted by Gasteiger charge is -2.30. The maximum atomic E-state index is 12.9. The molecule has 0 unspecified atom stereocenters. The second-order valence-electron chi connectivity index (χ2n) is 5.73. The van der Waals surface area contributed by atoms with Gasteiger partial charge >= 0.3 is 0 Å². The predicted octanol–water partition coefficient (Wildman–Crippen LogP) is 2.88. The Morgan fingerprint density at radius 3 is 3.00 bits per heavy atom. The smallest absolute Gasteiger partial charge is 0.254 e. The lowest BCUT2D eigenvalue weighted by Crippen LogP contribution is -2.35. The molecule has 5 nitrogen and oxygen atoms in total. The summed E-state index contributed by atoms with van der Waals surface area (Å²) in [5.74, 6) is -0.160. The van der Waals surface area contributed by atoms with Gasteiger partial charge in [0.2, 0.25) is 5.91 Å². The Kier molecular flexibility index (Phi) is 4.76. The summed E-state index contributed by atoms with van der Waals surface area (Å²) in [5, 5.41) is 0. The molecule has 0 bridgehead atoms. The van der Waals surface area contributed by atoms with Crippen molar-refractivity contribution >= 4 is 28.8 Å². The van der Waals surface area contributed by atoms with E-state index in [2.05, 4.69) is 11.6 Å². The van der Waals surface area contributed by atoms with Gasteiger partial charge in [0.15, 0.2) is 0 Å². The van der Waals surface area contributed by atoms with Crippen LogP contribution >= 0.6 is 11.3 Å². The molecule has 0 atom stereocenters. The van der Waals surface area contributed by atoms with Crippen LogP contribution in [0.4, 0.5) is 5.69 Å². The number of nitrogens with zero attached hydrogens (tertiary/aromatic N) is 3. The highest BCUT2D eigenvalue weighted by atomic mass is 32.1. The monoisotopic (exact) mass is 341 g/mol. The van der Waals surface area contributed by atoms with E-state index < -0.39 is 0 Å². The highest BCUT2D eigenvalue weighted by Crippen LogP contribution is 2.31. The number of aromatic nitrogens is 1. The maximum Gasteiger partial charge on any atom is 0.254 e. The zero-order valence-corrected chi connectivity index (χ0v) is 14.4. The van der Waals surface area contributed by atoms with Crippen LogP contribution in [0.25, 0.3) is 0 Å². The molecular weight excluding hydrogens is 322 g/mol. The quantitative estimate of drug-likeness (QED) is 0.804. The Labute approximate surface area is 145 Å². The molecule has 0 fully saturated rings. The first-order valence-electron chi connectivity index (χ1n) is 7.80. The number of hydrogen-bond donors (Lipinski definition) is 0. The van der Waals surface area contributed by atoms with Crippen molar-refractivity contribution in [3.63, 3.8) is 0 Å². The van der Waals surface area contributed by atoms with Gasteiger partial charge in [0.1, 0.15) is 0 Å². The van der Waals surface area contributed by atoms with Crippen LogP contribution in [-0.4, -0.2) is 35.3 Å². The Morgan fingerprint density at radius 1 is 1.46 bits per heavy atom. The third kappa shape index (κ3) is 3.10. The van der Waals surface area contributed by atoms with Crippen LogP contribution in [-0.2, 0) is 17.8 Å². The second kappa shape index (κ2) is 6.97. The van der Waals surface area contributed by atoms with Crippen LogP contribution < -0.4 is 4.90 Å². The molecule has 2 amide bonds. The van der Waals surface area contributed by atoms with Gasteiger partial charge in [-0.25, -0.2) is 0 Å². The van der Waals surface area contributed by atoms with E-state index in [1.807, 2.05) is 18.2 Å². The summed E-state index contributed by atoms with van der Waals surface area (Å²) in [6, 6.07) is 5.57. The topological polar surface area (TPSA) is 53.5 Å². The van der Waals surface area contributed by atoms with Gasteiger partial charge in [0.25, 0.3) is 5.91 Å². The van der Waals surface area contributed by atoms with E-state index in [1.54, 1.807) is 28.6 Å². The Balaban J connectivity index is 1.90. The zero-order chi connectivity index (χ0) is 17.1. The lowest BCUT2D eigenvalue weighted by atomic mass is 9.95. The van der Waals surface area contributed by atoms with Crippen molar-refractivity contribution in [2.75, 3.05) is 18.5 Å². The molecule has 1 aliphatic heterocycles. The van der Waals surface area contributed by atoms with Crippen molar-refractivity contribution in [3.05, 3.63) is 58.6 Å². The second-order valence-corrected chi connectivity index (χ2v) is 6.70. The van der Waals surface area contributed by atoms with Gasteiger partial charge in [-0.3, -0.25) is 14.6 Å². The molecule has 6 heteroatoms. The normalized spacial score (nSPS) is 13.3. The molecule has 124 valence electrons. The molecule has 0 radical (unpaired) electrons. The molecule has 1 aromatic heterocycles. The SMILES string of the molecule is C=CC(=O)N1CCCc2c(C(=O)N(C)Cc3cncs3)cccc21. The van der Waals surface area contributed by atoms with Crippen LogP contribution in [0.5, 0.6) is 0 Å². The molecule has 1 aliphatic rings. The van der Waals surface area contributed by atoms with Crippen molar-refractivity contribution in [3.8, 4) is 0 Å². The first kappa shape index (κ1) is 16.4. The molecule has 0 N–H and O–H groups in total. The molecule has 1 aromatic carbocycles. The van der Waals surface area contributed by atoms with Gasteiger partial charge in [0.05, 0.1) is 12.1 Å². The van der Waals surface area contributed by atoms with Crippen molar-refractivity contribution in [2.24, 2.45) is 0 Å². The number of benzene rings is 1. The number of amides is 2. The minimum absolute atomic E-state index is 0.0341. The zero-order valence-electron chi connectivity index (χ0n) is 13.6. The number of carbonyl (C=O) groups is 2. The molecule has 0 saturated carbocycles. The van der Waals surface area contributed by atoms with Gasteiger partial charge in [-0.2, -0.15) is 0 Å². The van der Waals surface area contributed by atoms with E-state index in [0.717, 1.165) is 29.0 Å². The summed E-state index contributed by atoms with van der Waals surface area (Å²) >= 11 is 1.53. The van der Waals surface area contributed by atoms with Crippen molar-refractivity contribution in [2.45, 2.75) is 19.4 Å². The summed E-state index contributed by atoms with van der Waals surface area (Å²) in [5.41, 5.74) is 4.20. The number of fused-ring (bicyclic) bond motifs is 1. The Hall–Kier alpha value is -2.47. The first-order chi connectivity index (χ1) is 11.6. The summed E-state index contributed by atoms with van der Waals surface area (Å²) in [6.45, 7) is 4.75. The fourth-order valence-electron chi connectivity index (χ4n) is 3.00. The van der Waals surface area contributed by atoms with Gasteiger partial charge < -0.3 is 9.80 Å². The number of anilines is 1. The van der Waals surface area contributed by atoms with E-state index in [0.29, 0.717) is 18.7 Å². The fraction of sp³-hybridized carbons (Fsp3) is 0.278. The number of rotatable bonds is 4. The van der Waals surface area contributed by atoms with Crippen molar-refractivity contribution in [1.82, 2.24) is 9.88 Å². The van der Waals surface area contributed by atoms with Crippen molar-refractivity contribution in [1.29, 1.82) is 0 Å². The van der Waals surface area contributed by atoms with E-state index in [9.17, 15) is 9.59 Å². The molecule has 24 heavy (non-hydrogen) atoms. The summed E-state index contributed by atoms with van der Waals surface area (Å²) in [6.07, 6.45) is 4.74. The first-order valence-corrected chi connectivity index (χ1v) is 8.68. The predicted molar refractivity (Wildman–Crippen MR) is 95.2 cm³/mol.